The molecule has 1 heterocycles. The van der Waals surface area contributed by atoms with Gasteiger partial charge in [-0.25, -0.2) is 0 Å². The summed E-state index contributed by atoms with van der Waals surface area (Å²) in [4.78, 5) is 13.3. The minimum absolute atomic E-state index is 0.377. The molecule has 0 aromatic heterocycles. The third-order valence-corrected chi connectivity index (χ3v) is 3.40. The van der Waals surface area contributed by atoms with Crippen LogP contribution in [0, 0.1) is 0 Å². The highest BCUT2D eigenvalue weighted by atomic mass is 16.4. The molecule has 0 bridgehead atoms. The molecule has 3 unspecified atom stereocenters. The number of carbonyl (C=O) groups is 1. The van der Waals surface area contributed by atoms with Gasteiger partial charge in [0.05, 0.1) is 0 Å². The summed E-state index contributed by atoms with van der Waals surface area (Å²) in [5.41, 5.74) is 5.48. The van der Waals surface area contributed by atoms with E-state index in [1.807, 2.05) is 0 Å². The zero-order valence-electron chi connectivity index (χ0n) is 9.65. The minimum Gasteiger partial charge on any atom is -0.480 e. The molecule has 0 amide bonds. The van der Waals surface area contributed by atoms with Gasteiger partial charge in [0.15, 0.2) is 0 Å². The van der Waals surface area contributed by atoms with Crippen molar-refractivity contribution in [3.63, 3.8) is 0 Å². The van der Waals surface area contributed by atoms with Gasteiger partial charge in [-0.1, -0.05) is 6.92 Å². The van der Waals surface area contributed by atoms with Gasteiger partial charge < -0.3 is 10.8 Å². The van der Waals surface area contributed by atoms with Crippen LogP contribution in [0.15, 0.2) is 0 Å². The van der Waals surface area contributed by atoms with Gasteiger partial charge in [0, 0.05) is 12.1 Å². The Kier molecular flexibility index (Phi) is 4.54. The predicted molar refractivity (Wildman–Crippen MR) is 59.7 cm³/mol. The van der Waals surface area contributed by atoms with Crippen LogP contribution in [0.3, 0.4) is 0 Å². The summed E-state index contributed by atoms with van der Waals surface area (Å²) in [6, 6.07) is 0.410. The number of likely N-dealkylation sites (tertiary alicyclic amines) is 1. The van der Waals surface area contributed by atoms with Crippen LogP contribution in [-0.2, 0) is 4.79 Å². The van der Waals surface area contributed by atoms with E-state index in [-0.39, 0.29) is 0 Å². The maximum atomic E-state index is 11.2. The zero-order chi connectivity index (χ0) is 11.4. The van der Waals surface area contributed by atoms with E-state index >= 15 is 0 Å². The first kappa shape index (κ1) is 12.5. The average molecular weight is 214 g/mol. The molecule has 88 valence electrons. The first-order valence-corrected chi connectivity index (χ1v) is 5.82. The standard InChI is InChI=1S/C11H22N2O2/c1-3-9-5-4-8(2)13(9)10(6-7-12)11(14)15/h8-10H,3-7,12H2,1-2H3,(H,14,15). The molecule has 1 saturated heterocycles. The highest BCUT2D eigenvalue weighted by Gasteiger charge is 2.37. The molecule has 1 aliphatic rings. The quantitative estimate of drug-likeness (QED) is 0.718. The predicted octanol–water partition coefficient (Wildman–Crippen LogP) is 1.05. The third kappa shape index (κ3) is 2.69. The van der Waals surface area contributed by atoms with E-state index in [1.54, 1.807) is 0 Å². The summed E-state index contributed by atoms with van der Waals surface area (Å²) in [5, 5.41) is 9.20. The lowest BCUT2D eigenvalue weighted by atomic mass is 10.1. The van der Waals surface area contributed by atoms with Crippen molar-refractivity contribution in [1.29, 1.82) is 0 Å². The van der Waals surface area contributed by atoms with Crippen molar-refractivity contribution in [2.45, 2.75) is 57.7 Å². The summed E-state index contributed by atoms with van der Waals surface area (Å²) < 4.78 is 0. The fraction of sp³-hybridized carbons (Fsp3) is 0.909. The number of carboxylic acids is 1. The van der Waals surface area contributed by atoms with Crippen LogP contribution in [0.2, 0.25) is 0 Å². The Morgan fingerprint density at radius 2 is 2.27 bits per heavy atom. The summed E-state index contributed by atoms with van der Waals surface area (Å²) in [6.07, 6.45) is 3.80. The van der Waals surface area contributed by atoms with Gasteiger partial charge in [0.25, 0.3) is 0 Å². The van der Waals surface area contributed by atoms with Crippen molar-refractivity contribution in [3.8, 4) is 0 Å². The molecule has 4 heteroatoms. The molecule has 1 rings (SSSR count). The van der Waals surface area contributed by atoms with Crippen molar-refractivity contribution in [2.75, 3.05) is 6.54 Å². The maximum absolute atomic E-state index is 11.2. The smallest absolute Gasteiger partial charge is 0.320 e. The Hall–Kier alpha value is -0.610. The van der Waals surface area contributed by atoms with E-state index < -0.39 is 12.0 Å². The van der Waals surface area contributed by atoms with E-state index in [9.17, 15) is 9.90 Å². The molecule has 1 fully saturated rings. The Labute approximate surface area is 91.4 Å². The average Bonchev–Trinajstić information content (AvgIpc) is 2.55. The second-order valence-electron chi connectivity index (χ2n) is 4.37. The monoisotopic (exact) mass is 214 g/mol. The molecule has 0 radical (unpaired) electrons. The van der Waals surface area contributed by atoms with E-state index in [4.69, 9.17) is 5.73 Å². The van der Waals surface area contributed by atoms with Crippen LogP contribution in [0.4, 0.5) is 0 Å². The molecule has 1 aliphatic heterocycles. The van der Waals surface area contributed by atoms with Crippen molar-refractivity contribution in [1.82, 2.24) is 4.90 Å². The van der Waals surface area contributed by atoms with Crippen LogP contribution >= 0.6 is 0 Å². The topological polar surface area (TPSA) is 66.6 Å². The molecule has 3 N–H and O–H groups in total. The van der Waals surface area contributed by atoms with Crippen LogP contribution in [0.5, 0.6) is 0 Å². The van der Waals surface area contributed by atoms with Crippen molar-refractivity contribution < 1.29 is 9.90 Å². The maximum Gasteiger partial charge on any atom is 0.320 e. The normalized spacial score (nSPS) is 29.3. The van der Waals surface area contributed by atoms with Gasteiger partial charge in [0.1, 0.15) is 6.04 Å². The second kappa shape index (κ2) is 5.47. The second-order valence-corrected chi connectivity index (χ2v) is 4.37. The molecular weight excluding hydrogens is 192 g/mol. The summed E-state index contributed by atoms with van der Waals surface area (Å²) in [7, 11) is 0. The zero-order valence-corrected chi connectivity index (χ0v) is 9.65. The molecule has 0 aromatic rings. The fourth-order valence-electron chi connectivity index (χ4n) is 2.63. The van der Waals surface area contributed by atoms with Gasteiger partial charge in [0.2, 0.25) is 0 Å². The highest BCUT2D eigenvalue weighted by molar-refractivity contribution is 5.73. The molecule has 0 spiro atoms. The van der Waals surface area contributed by atoms with E-state index in [2.05, 4.69) is 18.7 Å². The summed E-state index contributed by atoms with van der Waals surface area (Å²) >= 11 is 0. The molecule has 0 saturated carbocycles. The van der Waals surface area contributed by atoms with Crippen LogP contribution < -0.4 is 5.73 Å². The number of hydrogen-bond acceptors (Lipinski definition) is 3. The van der Waals surface area contributed by atoms with Crippen molar-refractivity contribution in [2.24, 2.45) is 5.73 Å². The van der Waals surface area contributed by atoms with Gasteiger partial charge in [-0.2, -0.15) is 0 Å². The molecule has 0 aromatic carbocycles. The molecule has 3 atom stereocenters. The van der Waals surface area contributed by atoms with Gasteiger partial charge in [-0.15, -0.1) is 0 Å². The molecular formula is C11H22N2O2. The lowest BCUT2D eigenvalue weighted by Gasteiger charge is -2.33. The Bertz CT molecular complexity index is 221. The van der Waals surface area contributed by atoms with Crippen molar-refractivity contribution in [3.05, 3.63) is 0 Å². The van der Waals surface area contributed by atoms with Gasteiger partial charge in [-0.05, 0) is 39.2 Å². The van der Waals surface area contributed by atoms with Crippen LogP contribution in [-0.4, -0.2) is 40.6 Å². The number of hydrogen-bond donors (Lipinski definition) is 2. The third-order valence-electron chi connectivity index (χ3n) is 3.40. The number of aliphatic carboxylic acids is 1. The first-order chi connectivity index (χ1) is 7.11. The Morgan fingerprint density at radius 3 is 2.73 bits per heavy atom. The van der Waals surface area contributed by atoms with E-state index in [0.29, 0.717) is 25.0 Å². The van der Waals surface area contributed by atoms with Crippen LogP contribution in [0.25, 0.3) is 0 Å². The first-order valence-electron chi connectivity index (χ1n) is 5.82. The Morgan fingerprint density at radius 1 is 1.60 bits per heavy atom. The largest absolute Gasteiger partial charge is 0.480 e. The number of rotatable bonds is 5. The van der Waals surface area contributed by atoms with Gasteiger partial charge in [-0.3, -0.25) is 9.69 Å². The SMILES string of the molecule is CCC1CCC(C)N1C(CCN)C(=O)O. The summed E-state index contributed by atoms with van der Waals surface area (Å²) in [6.45, 7) is 4.68. The summed E-state index contributed by atoms with van der Waals surface area (Å²) in [5.74, 6) is -0.729. The van der Waals surface area contributed by atoms with Crippen LogP contribution in [0.1, 0.15) is 39.5 Å². The lowest BCUT2D eigenvalue weighted by molar-refractivity contribution is -0.144. The van der Waals surface area contributed by atoms with E-state index in [1.165, 1.54) is 0 Å². The minimum atomic E-state index is -0.729. The number of carboxylic acid groups (broad SMARTS) is 1. The van der Waals surface area contributed by atoms with Gasteiger partial charge >= 0.3 is 5.97 Å². The molecule has 4 nitrogen and oxygen atoms in total. The van der Waals surface area contributed by atoms with E-state index in [0.717, 1.165) is 19.3 Å². The molecule has 15 heavy (non-hydrogen) atoms. The molecule has 0 aliphatic carbocycles. The highest BCUT2D eigenvalue weighted by Crippen LogP contribution is 2.29. The van der Waals surface area contributed by atoms with Crippen molar-refractivity contribution >= 4 is 5.97 Å². The Balaban J connectivity index is 2.75. The number of nitrogens with zero attached hydrogens (tertiary/aromatic N) is 1. The lowest BCUT2D eigenvalue weighted by Crippen LogP contribution is -2.48. The number of nitrogens with two attached hydrogens (primary N) is 1. The fourth-order valence-corrected chi connectivity index (χ4v) is 2.63.